The van der Waals surface area contributed by atoms with Gasteiger partial charge in [0.25, 0.3) is 11.5 Å². The van der Waals surface area contributed by atoms with Gasteiger partial charge in [0.2, 0.25) is 5.91 Å². The fourth-order valence-corrected chi connectivity index (χ4v) is 4.08. The van der Waals surface area contributed by atoms with Gasteiger partial charge >= 0.3 is 0 Å². The second kappa shape index (κ2) is 9.68. The van der Waals surface area contributed by atoms with E-state index in [2.05, 4.69) is 5.32 Å². The van der Waals surface area contributed by atoms with E-state index in [1.807, 2.05) is 37.3 Å². The van der Waals surface area contributed by atoms with Crippen molar-refractivity contribution in [1.82, 2.24) is 14.8 Å². The first-order valence-electron chi connectivity index (χ1n) is 10.9. The number of piperidine rings is 1. The average Bonchev–Trinajstić information content (AvgIpc) is 3.32. The molecular weight excluding hydrogens is 406 g/mol. The van der Waals surface area contributed by atoms with E-state index >= 15 is 0 Å². The van der Waals surface area contributed by atoms with E-state index in [0.29, 0.717) is 44.8 Å². The molecule has 1 fully saturated rings. The molecule has 2 aromatic heterocycles. The number of amides is 2. The highest BCUT2D eigenvalue weighted by Gasteiger charge is 2.29. The lowest BCUT2D eigenvalue weighted by Crippen LogP contribution is -2.44. The number of likely N-dealkylation sites (tertiary alicyclic amines) is 1. The number of aryl methyl sites for hydroxylation is 1. The van der Waals surface area contributed by atoms with Crippen LogP contribution in [-0.4, -0.2) is 34.4 Å². The Morgan fingerprint density at radius 3 is 2.62 bits per heavy atom. The first-order valence-corrected chi connectivity index (χ1v) is 10.9. The Labute approximate surface area is 186 Å². The van der Waals surface area contributed by atoms with Gasteiger partial charge in [0.1, 0.15) is 11.3 Å². The minimum absolute atomic E-state index is 0.0336. The molecule has 166 valence electrons. The average molecular weight is 434 g/mol. The number of rotatable bonds is 6. The molecule has 4 rings (SSSR count). The molecule has 3 aromatic rings. The minimum Gasteiger partial charge on any atom is -0.467 e. The van der Waals surface area contributed by atoms with Crippen LogP contribution in [0.2, 0.25) is 0 Å². The summed E-state index contributed by atoms with van der Waals surface area (Å²) in [5.41, 5.74) is 2.01. The second-order valence-electron chi connectivity index (χ2n) is 8.21. The number of furan rings is 1. The number of hydrogen-bond acceptors (Lipinski definition) is 4. The maximum Gasteiger partial charge on any atom is 0.263 e. The molecular formula is C25H27N3O4. The lowest BCUT2D eigenvalue weighted by molar-refractivity contribution is -0.126. The summed E-state index contributed by atoms with van der Waals surface area (Å²) in [4.78, 5) is 40.1. The van der Waals surface area contributed by atoms with Gasteiger partial charge in [-0.25, -0.2) is 0 Å². The zero-order valence-electron chi connectivity index (χ0n) is 18.1. The number of carbonyl (C=O) groups excluding carboxylic acids is 2. The Hall–Kier alpha value is -3.61. The summed E-state index contributed by atoms with van der Waals surface area (Å²) in [5.74, 6) is 0.247. The van der Waals surface area contributed by atoms with Crippen LogP contribution in [0.3, 0.4) is 0 Å². The van der Waals surface area contributed by atoms with Crippen molar-refractivity contribution in [2.24, 2.45) is 5.92 Å². The van der Waals surface area contributed by atoms with Crippen LogP contribution in [0.1, 0.15) is 40.1 Å². The fraction of sp³-hybridized carbons (Fsp3) is 0.320. The second-order valence-corrected chi connectivity index (χ2v) is 8.21. The number of aromatic nitrogens is 1. The summed E-state index contributed by atoms with van der Waals surface area (Å²) < 4.78 is 6.80. The topological polar surface area (TPSA) is 84.6 Å². The summed E-state index contributed by atoms with van der Waals surface area (Å²) in [6.45, 7) is 3.68. The van der Waals surface area contributed by atoms with E-state index in [0.717, 1.165) is 11.1 Å². The molecule has 1 N–H and O–H groups in total. The van der Waals surface area contributed by atoms with E-state index < -0.39 is 0 Å². The summed E-state index contributed by atoms with van der Waals surface area (Å²) in [6, 6.07) is 14.9. The van der Waals surface area contributed by atoms with Gasteiger partial charge in [-0.3, -0.25) is 14.4 Å². The fourth-order valence-electron chi connectivity index (χ4n) is 4.08. The van der Waals surface area contributed by atoms with Gasteiger partial charge in [-0.15, -0.1) is 0 Å². The first kappa shape index (κ1) is 21.6. The molecule has 0 unspecified atom stereocenters. The van der Waals surface area contributed by atoms with Gasteiger partial charge in [0.15, 0.2) is 0 Å². The normalized spacial score (nSPS) is 14.3. The van der Waals surface area contributed by atoms with Gasteiger partial charge in [-0.2, -0.15) is 0 Å². The Morgan fingerprint density at radius 1 is 1.09 bits per heavy atom. The van der Waals surface area contributed by atoms with Gasteiger partial charge in [0.05, 0.1) is 19.4 Å². The summed E-state index contributed by atoms with van der Waals surface area (Å²) in [6.07, 6.45) is 4.42. The van der Waals surface area contributed by atoms with Crippen molar-refractivity contribution >= 4 is 11.8 Å². The predicted molar refractivity (Wildman–Crippen MR) is 120 cm³/mol. The Balaban J connectivity index is 1.37. The van der Waals surface area contributed by atoms with Crippen molar-refractivity contribution in [3.05, 3.63) is 93.8 Å². The van der Waals surface area contributed by atoms with Crippen LogP contribution in [0.15, 0.2) is 70.2 Å². The zero-order valence-corrected chi connectivity index (χ0v) is 18.1. The predicted octanol–water partition coefficient (Wildman–Crippen LogP) is 2.97. The number of benzene rings is 1. The van der Waals surface area contributed by atoms with Crippen LogP contribution in [0.4, 0.5) is 0 Å². The molecule has 1 aromatic carbocycles. The van der Waals surface area contributed by atoms with Crippen LogP contribution < -0.4 is 10.9 Å². The van der Waals surface area contributed by atoms with Gasteiger partial charge < -0.3 is 19.2 Å². The Morgan fingerprint density at radius 2 is 1.91 bits per heavy atom. The minimum atomic E-state index is -0.294. The molecule has 7 heteroatoms. The number of carbonyl (C=O) groups is 2. The third-order valence-electron chi connectivity index (χ3n) is 5.86. The SMILES string of the molecule is Cc1cccc(Cn2cccc(C(=O)N3CCC(C(=O)NCc4ccco4)CC3)c2=O)c1. The molecule has 0 radical (unpaired) electrons. The van der Waals surface area contributed by atoms with Crippen molar-refractivity contribution in [3.8, 4) is 0 Å². The zero-order chi connectivity index (χ0) is 22.5. The van der Waals surface area contributed by atoms with E-state index in [-0.39, 0.29) is 28.9 Å². The van der Waals surface area contributed by atoms with Crippen LogP contribution in [0, 0.1) is 12.8 Å². The van der Waals surface area contributed by atoms with Crippen molar-refractivity contribution in [2.45, 2.75) is 32.9 Å². The van der Waals surface area contributed by atoms with Crippen molar-refractivity contribution < 1.29 is 14.0 Å². The summed E-state index contributed by atoms with van der Waals surface area (Å²) in [7, 11) is 0. The highest BCUT2D eigenvalue weighted by molar-refractivity contribution is 5.94. The molecule has 1 saturated heterocycles. The van der Waals surface area contributed by atoms with Crippen LogP contribution in [0.5, 0.6) is 0 Å². The number of nitrogens with one attached hydrogen (secondary N) is 1. The molecule has 32 heavy (non-hydrogen) atoms. The van der Waals surface area contributed by atoms with E-state index in [4.69, 9.17) is 4.42 Å². The maximum atomic E-state index is 13.0. The number of pyridine rings is 1. The lowest BCUT2D eigenvalue weighted by Gasteiger charge is -2.31. The molecule has 0 saturated carbocycles. The quantitative estimate of drug-likeness (QED) is 0.648. The van der Waals surface area contributed by atoms with Gasteiger partial charge in [-0.05, 0) is 49.6 Å². The lowest BCUT2D eigenvalue weighted by atomic mass is 9.95. The summed E-state index contributed by atoms with van der Waals surface area (Å²) >= 11 is 0. The van der Waals surface area contributed by atoms with Crippen molar-refractivity contribution in [1.29, 1.82) is 0 Å². The van der Waals surface area contributed by atoms with Crippen LogP contribution in [0.25, 0.3) is 0 Å². The van der Waals surface area contributed by atoms with Gasteiger partial charge in [-0.1, -0.05) is 29.8 Å². The van der Waals surface area contributed by atoms with E-state index in [9.17, 15) is 14.4 Å². The standard InChI is InChI=1S/C25H27N3O4/c1-18-5-2-6-19(15-18)17-28-11-3-8-22(25(28)31)24(30)27-12-9-20(10-13-27)23(29)26-16-21-7-4-14-32-21/h2-8,11,14-15,20H,9-10,12-13,16-17H2,1H3,(H,26,29). The van der Waals surface area contributed by atoms with E-state index in [1.54, 1.807) is 40.1 Å². The number of hydrogen-bond donors (Lipinski definition) is 1. The van der Waals surface area contributed by atoms with E-state index in [1.165, 1.54) is 0 Å². The maximum absolute atomic E-state index is 13.0. The molecule has 0 atom stereocenters. The molecule has 1 aliphatic heterocycles. The highest BCUT2D eigenvalue weighted by Crippen LogP contribution is 2.19. The Bertz CT molecular complexity index is 1140. The monoisotopic (exact) mass is 433 g/mol. The highest BCUT2D eigenvalue weighted by atomic mass is 16.3. The molecule has 0 aliphatic carbocycles. The summed E-state index contributed by atoms with van der Waals surface area (Å²) in [5, 5.41) is 2.88. The molecule has 1 aliphatic rings. The molecule has 0 bridgehead atoms. The smallest absolute Gasteiger partial charge is 0.263 e. The van der Waals surface area contributed by atoms with Gasteiger partial charge in [0, 0.05) is 25.2 Å². The molecule has 7 nitrogen and oxygen atoms in total. The van der Waals surface area contributed by atoms with Crippen molar-refractivity contribution in [3.63, 3.8) is 0 Å². The molecule has 3 heterocycles. The third-order valence-corrected chi connectivity index (χ3v) is 5.86. The first-order chi connectivity index (χ1) is 15.5. The third kappa shape index (κ3) is 4.99. The largest absolute Gasteiger partial charge is 0.467 e. The van der Waals surface area contributed by atoms with Crippen LogP contribution >= 0.6 is 0 Å². The Kier molecular flexibility index (Phi) is 6.54. The molecule has 2 amide bonds. The van der Waals surface area contributed by atoms with Crippen molar-refractivity contribution in [2.75, 3.05) is 13.1 Å². The molecule has 0 spiro atoms. The number of nitrogens with zero attached hydrogens (tertiary/aromatic N) is 2. The van der Waals surface area contributed by atoms with Crippen LogP contribution in [-0.2, 0) is 17.9 Å².